The number of rotatable bonds is 6. The molecule has 0 aliphatic rings. The van der Waals surface area contributed by atoms with E-state index in [0.717, 1.165) is 34.3 Å². The Kier molecular flexibility index (Phi) is 6.31. The predicted octanol–water partition coefficient (Wildman–Crippen LogP) is 4.09. The molecule has 0 bridgehead atoms. The van der Waals surface area contributed by atoms with Gasteiger partial charge in [-0.2, -0.15) is 0 Å². The summed E-state index contributed by atoms with van der Waals surface area (Å²) in [7, 11) is 4.21. The molecule has 2 nitrogen and oxygen atoms in total. The molecule has 0 saturated carbocycles. The van der Waals surface area contributed by atoms with Crippen molar-refractivity contribution in [2.24, 2.45) is 5.73 Å². The average Bonchev–Trinajstić information content (AvgIpc) is 2.34. The standard InChI is InChI=1S/C15H24BrClN2/c1-5-15(6-2,19(3)4)14(18)9-11-7-8-12(16)10-13(11)17/h7-8,10,14H,5-6,9,18H2,1-4H3. The van der Waals surface area contributed by atoms with Crippen molar-refractivity contribution in [3.05, 3.63) is 33.3 Å². The Hall–Kier alpha value is -0.0900. The molecular weight excluding hydrogens is 324 g/mol. The summed E-state index contributed by atoms with van der Waals surface area (Å²) in [5.41, 5.74) is 7.64. The molecule has 2 N–H and O–H groups in total. The monoisotopic (exact) mass is 346 g/mol. The van der Waals surface area contributed by atoms with Crippen LogP contribution in [0.3, 0.4) is 0 Å². The van der Waals surface area contributed by atoms with E-state index in [1.165, 1.54) is 0 Å². The molecule has 0 amide bonds. The van der Waals surface area contributed by atoms with Crippen LogP contribution in [0.1, 0.15) is 32.3 Å². The van der Waals surface area contributed by atoms with Crippen molar-refractivity contribution < 1.29 is 0 Å². The van der Waals surface area contributed by atoms with Gasteiger partial charge in [-0.3, -0.25) is 0 Å². The molecule has 1 rings (SSSR count). The van der Waals surface area contributed by atoms with E-state index in [-0.39, 0.29) is 11.6 Å². The smallest absolute Gasteiger partial charge is 0.0449 e. The molecule has 0 saturated heterocycles. The molecular formula is C15H24BrClN2. The molecule has 0 aliphatic heterocycles. The highest BCUT2D eigenvalue weighted by Gasteiger charge is 2.35. The van der Waals surface area contributed by atoms with Crippen molar-refractivity contribution in [1.29, 1.82) is 0 Å². The third-order valence-corrected chi connectivity index (χ3v) is 5.11. The molecule has 0 radical (unpaired) electrons. The zero-order valence-corrected chi connectivity index (χ0v) is 14.6. The highest BCUT2D eigenvalue weighted by Crippen LogP contribution is 2.29. The number of nitrogens with zero attached hydrogens (tertiary/aromatic N) is 1. The largest absolute Gasteiger partial charge is 0.326 e. The van der Waals surface area contributed by atoms with Gasteiger partial charge in [-0.05, 0) is 51.1 Å². The van der Waals surface area contributed by atoms with Gasteiger partial charge in [0.05, 0.1) is 0 Å². The van der Waals surface area contributed by atoms with Crippen molar-refractivity contribution in [3.63, 3.8) is 0 Å². The lowest BCUT2D eigenvalue weighted by atomic mass is 9.81. The maximum absolute atomic E-state index is 6.50. The van der Waals surface area contributed by atoms with Crippen molar-refractivity contribution in [1.82, 2.24) is 4.90 Å². The van der Waals surface area contributed by atoms with Gasteiger partial charge in [0.25, 0.3) is 0 Å². The molecule has 108 valence electrons. The van der Waals surface area contributed by atoms with Gasteiger partial charge < -0.3 is 10.6 Å². The van der Waals surface area contributed by atoms with E-state index in [9.17, 15) is 0 Å². The lowest BCUT2D eigenvalue weighted by Gasteiger charge is -2.43. The highest BCUT2D eigenvalue weighted by atomic mass is 79.9. The van der Waals surface area contributed by atoms with Crippen LogP contribution >= 0.6 is 27.5 Å². The van der Waals surface area contributed by atoms with Gasteiger partial charge >= 0.3 is 0 Å². The number of hydrogen-bond acceptors (Lipinski definition) is 2. The number of benzene rings is 1. The number of likely N-dealkylation sites (N-methyl/N-ethyl adjacent to an activating group) is 1. The number of halogens is 2. The summed E-state index contributed by atoms with van der Waals surface area (Å²) in [5, 5.41) is 0.782. The normalized spacial score (nSPS) is 13.9. The Morgan fingerprint density at radius 3 is 2.32 bits per heavy atom. The molecule has 1 atom stereocenters. The van der Waals surface area contributed by atoms with Crippen LogP contribution in [-0.2, 0) is 6.42 Å². The van der Waals surface area contributed by atoms with Crippen molar-refractivity contribution >= 4 is 27.5 Å². The molecule has 19 heavy (non-hydrogen) atoms. The van der Waals surface area contributed by atoms with Gasteiger partial charge in [0.1, 0.15) is 0 Å². The zero-order chi connectivity index (χ0) is 14.6. The summed E-state index contributed by atoms with van der Waals surface area (Å²) in [6.45, 7) is 4.40. The molecule has 4 heteroatoms. The van der Waals surface area contributed by atoms with Crippen LogP contribution < -0.4 is 5.73 Å². The van der Waals surface area contributed by atoms with Crippen molar-refractivity contribution in [2.45, 2.75) is 44.7 Å². The minimum Gasteiger partial charge on any atom is -0.326 e. The molecule has 0 aromatic heterocycles. The quantitative estimate of drug-likeness (QED) is 0.839. The van der Waals surface area contributed by atoms with E-state index in [0.29, 0.717) is 0 Å². The zero-order valence-electron chi connectivity index (χ0n) is 12.2. The van der Waals surface area contributed by atoms with Gasteiger partial charge in [0.15, 0.2) is 0 Å². The Morgan fingerprint density at radius 1 is 1.32 bits per heavy atom. The molecule has 1 aromatic carbocycles. The van der Waals surface area contributed by atoms with Crippen LogP contribution in [0, 0.1) is 0 Å². The predicted molar refractivity (Wildman–Crippen MR) is 87.8 cm³/mol. The fourth-order valence-electron chi connectivity index (χ4n) is 2.85. The van der Waals surface area contributed by atoms with Crippen LogP contribution in [0.15, 0.2) is 22.7 Å². The molecule has 0 heterocycles. The first-order chi connectivity index (χ1) is 8.87. The van der Waals surface area contributed by atoms with Crippen molar-refractivity contribution in [3.8, 4) is 0 Å². The SMILES string of the molecule is CCC(CC)(C(N)Cc1ccc(Br)cc1Cl)N(C)C. The first-order valence-electron chi connectivity index (χ1n) is 6.74. The lowest BCUT2D eigenvalue weighted by Crippen LogP contribution is -2.57. The summed E-state index contributed by atoms with van der Waals surface area (Å²) in [4.78, 5) is 2.25. The topological polar surface area (TPSA) is 29.3 Å². The maximum atomic E-state index is 6.50. The summed E-state index contributed by atoms with van der Waals surface area (Å²) in [6.07, 6.45) is 2.86. The van der Waals surface area contributed by atoms with Crippen LogP contribution in [0.5, 0.6) is 0 Å². The minimum absolute atomic E-state index is 0.0242. The number of hydrogen-bond donors (Lipinski definition) is 1. The Balaban J connectivity index is 2.96. The maximum Gasteiger partial charge on any atom is 0.0449 e. The molecule has 0 aliphatic carbocycles. The van der Waals surface area contributed by atoms with Gasteiger partial charge in [-0.25, -0.2) is 0 Å². The Morgan fingerprint density at radius 2 is 1.89 bits per heavy atom. The molecule has 1 aromatic rings. The van der Waals surface area contributed by atoms with Gasteiger partial charge in [0, 0.05) is 21.1 Å². The Labute approximate surface area is 130 Å². The molecule has 1 unspecified atom stereocenters. The highest BCUT2D eigenvalue weighted by molar-refractivity contribution is 9.10. The van der Waals surface area contributed by atoms with E-state index in [2.05, 4.69) is 54.8 Å². The Bertz CT molecular complexity index is 417. The first-order valence-corrected chi connectivity index (χ1v) is 7.91. The van der Waals surface area contributed by atoms with E-state index in [1.54, 1.807) is 0 Å². The third kappa shape index (κ3) is 3.72. The third-order valence-electron chi connectivity index (χ3n) is 4.26. The van der Waals surface area contributed by atoms with Crippen LogP contribution in [0.2, 0.25) is 5.02 Å². The fraction of sp³-hybridized carbons (Fsp3) is 0.600. The second-order valence-corrected chi connectivity index (χ2v) is 6.57. The fourth-order valence-corrected chi connectivity index (χ4v) is 3.60. The van der Waals surface area contributed by atoms with Crippen molar-refractivity contribution in [2.75, 3.05) is 14.1 Å². The summed E-state index contributed by atoms with van der Waals surface area (Å²) < 4.78 is 1.000. The van der Waals surface area contributed by atoms with E-state index >= 15 is 0 Å². The van der Waals surface area contributed by atoms with Crippen LogP contribution in [0.4, 0.5) is 0 Å². The van der Waals surface area contributed by atoms with E-state index in [4.69, 9.17) is 17.3 Å². The van der Waals surface area contributed by atoms with E-state index < -0.39 is 0 Å². The summed E-state index contributed by atoms with van der Waals surface area (Å²) >= 11 is 9.72. The van der Waals surface area contributed by atoms with Crippen LogP contribution in [-0.4, -0.2) is 30.6 Å². The summed E-state index contributed by atoms with van der Waals surface area (Å²) in [5.74, 6) is 0. The summed E-state index contributed by atoms with van der Waals surface area (Å²) in [6, 6.07) is 6.07. The number of nitrogens with two attached hydrogens (primary N) is 1. The molecule has 0 spiro atoms. The molecule has 0 fully saturated rings. The first kappa shape index (κ1) is 17.0. The second kappa shape index (κ2) is 7.07. The average molecular weight is 348 g/mol. The van der Waals surface area contributed by atoms with Gasteiger partial charge in [-0.15, -0.1) is 0 Å². The lowest BCUT2D eigenvalue weighted by molar-refractivity contribution is 0.105. The van der Waals surface area contributed by atoms with Gasteiger partial charge in [0.2, 0.25) is 0 Å². The van der Waals surface area contributed by atoms with Gasteiger partial charge in [-0.1, -0.05) is 47.4 Å². The minimum atomic E-state index is 0.0242. The van der Waals surface area contributed by atoms with Crippen LogP contribution in [0.25, 0.3) is 0 Å². The second-order valence-electron chi connectivity index (χ2n) is 5.25. The van der Waals surface area contributed by atoms with E-state index in [1.807, 2.05) is 12.1 Å².